The summed E-state index contributed by atoms with van der Waals surface area (Å²) in [5, 5.41) is 5.98. The zero-order valence-corrected chi connectivity index (χ0v) is 28.9. The summed E-state index contributed by atoms with van der Waals surface area (Å²) in [5.41, 5.74) is 0.660. The Balaban J connectivity index is 2.42. The molecule has 0 spiro atoms. The monoisotopic (exact) mass is 700 g/mol. The number of carbonyl (C=O) groups excluding carboxylic acids is 4. The summed E-state index contributed by atoms with van der Waals surface area (Å²) < 4.78 is 12.0. The van der Waals surface area contributed by atoms with Crippen LogP contribution in [0, 0.1) is 14.9 Å². The first-order valence-corrected chi connectivity index (χ1v) is 16.3. The third kappa shape index (κ3) is 19.9. The first-order chi connectivity index (χ1) is 19.5. The molecule has 2 atom stereocenters. The number of hydrogen-bond donors (Lipinski definition) is 2. The average molecular weight is 701 g/mol. The van der Waals surface area contributed by atoms with Crippen molar-refractivity contribution in [3.8, 4) is 0 Å². The van der Waals surface area contributed by atoms with Crippen LogP contribution in [0.25, 0.3) is 0 Å². The SMILES string of the molecule is CC(CCCCNC(=O)CCCc1ccc(I)cc1)NC(=O)[C@H](CCC(=O)OC(C)(C)C)CC(=O)OCCC(C)(C)C. The van der Waals surface area contributed by atoms with Crippen LogP contribution in [0.2, 0.25) is 0 Å². The second kappa shape index (κ2) is 19.2. The number of unbranched alkanes of at least 4 members (excludes halogenated alkanes) is 1. The molecular formula is C33H53IN2O6. The molecule has 0 aliphatic carbocycles. The Hall–Kier alpha value is -2.17. The molecule has 2 amide bonds. The van der Waals surface area contributed by atoms with Crippen molar-refractivity contribution in [1.82, 2.24) is 10.6 Å². The van der Waals surface area contributed by atoms with E-state index in [1.54, 1.807) is 20.8 Å². The maximum atomic E-state index is 13.1. The van der Waals surface area contributed by atoms with E-state index in [9.17, 15) is 19.2 Å². The fourth-order valence-corrected chi connectivity index (χ4v) is 4.53. The van der Waals surface area contributed by atoms with Crippen molar-refractivity contribution in [2.45, 2.75) is 124 Å². The van der Waals surface area contributed by atoms with Gasteiger partial charge in [-0.3, -0.25) is 19.2 Å². The molecule has 0 heterocycles. The van der Waals surface area contributed by atoms with E-state index in [-0.39, 0.29) is 42.5 Å². The van der Waals surface area contributed by atoms with Crippen LogP contribution in [0.3, 0.4) is 0 Å². The number of carbonyl (C=O) groups is 4. The number of rotatable bonds is 18. The second-order valence-electron chi connectivity index (χ2n) is 13.3. The van der Waals surface area contributed by atoms with Crippen LogP contribution in [0.15, 0.2) is 24.3 Å². The molecule has 8 nitrogen and oxygen atoms in total. The van der Waals surface area contributed by atoms with Gasteiger partial charge >= 0.3 is 11.9 Å². The molecule has 0 saturated carbocycles. The summed E-state index contributed by atoms with van der Waals surface area (Å²) in [7, 11) is 0. The van der Waals surface area contributed by atoms with Gasteiger partial charge in [0.05, 0.1) is 13.0 Å². The Bertz CT molecular complexity index is 982. The van der Waals surface area contributed by atoms with Crippen molar-refractivity contribution in [3.05, 3.63) is 33.4 Å². The number of halogens is 1. The quantitative estimate of drug-likeness (QED) is 0.103. The summed E-state index contributed by atoms with van der Waals surface area (Å²) in [6, 6.07) is 8.24. The molecule has 0 saturated heterocycles. The Morgan fingerprint density at radius 1 is 0.881 bits per heavy atom. The molecule has 9 heteroatoms. The highest BCUT2D eigenvalue weighted by Crippen LogP contribution is 2.20. The smallest absolute Gasteiger partial charge is 0.306 e. The largest absolute Gasteiger partial charge is 0.466 e. The molecule has 0 fully saturated rings. The molecule has 42 heavy (non-hydrogen) atoms. The summed E-state index contributed by atoms with van der Waals surface area (Å²) in [4.78, 5) is 50.0. The summed E-state index contributed by atoms with van der Waals surface area (Å²) in [6.07, 6.45) is 5.47. The standard InChI is InChI=1S/C33H53IN2O6/c1-24(11-8-9-21-35-28(37)13-10-12-25-14-17-27(34)18-15-25)36-31(40)26(16-19-29(38)42-33(5,6)7)23-30(39)41-22-20-32(2,3)4/h14-15,17-18,24,26H,8-13,16,19-23H2,1-7H3,(H,35,37)(H,36,40)/t24?,26-/m1/s1. The first kappa shape index (κ1) is 37.9. The van der Waals surface area contributed by atoms with Crippen LogP contribution in [0.5, 0.6) is 0 Å². The maximum absolute atomic E-state index is 13.1. The lowest BCUT2D eigenvalue weighted by atomic mass is 9.93. The molecule has 2 N–H and O–H groups in total. The lowest BCUT2D eigenvalue weighted by Crippen LogP contribution is -2.38. The number of nitrogens with one attached hydrogen (secondary N) is 2. The topological polar surface area (TPSA) is 111 Å². The van der Waals surface area contributed by atoms with Crippen LogP contribution in [0.4, 0.5) is 0 Å². The van der Waals surface area contributed by atoms with Crippen LogP contribution in [-0.2, 0) is 35.1 Å². The normalized spacial score (nSPS) is 13.1. The van der Waals surface area contributed by atoms with Crippen molar-refractivity contribution < 1.29 is 28.7 Å². The molecule has 0 bridgehead atoms. The van der Waals surface area contributed by atoms with Gasteiger partial charge < -0.3 is 20.1 Å². The van der Waals surface area contributed by atoms with Gasteiger partial charge in [0.25, 0.3) is 0 Å². The number of esters is 2. The average Bonchev–Trinajstić information content (AvgIpc) is 2.85. The molecule has 1 unspecified atom stereocenters. The summed E-state index contributed by atoms with van der Waals surface area (Å²) in [6.45, 7) is 14.4. The molecule has 0 aliphatic rings. The van der Waals surface area contributed by atoms with E-state index in [4.69, 9.17) is 9.47 Å². The molecule has 0 aliphatic heterocycles. The Morgan fingerprint density at radius 2 is 1.55 bits per heavy atom. The van der Waals surface area contributed by atoms with E-state index in [0.29, 0.717) is 19.6 Å². The fourth-order valence-electron chi connectivity index (χ4n) is 4.17. The minimum absolute atomic E-state index is 0.0352. The van der Waals surface area contributed by atoms with E-state index < -0.39 is 23.5 Å². The molecule has 1 aromatic rings. The van der Waals surface area contributed by atoms with Crippen molar-refractivity contribution >= 4 is 46.3 Å². The Kier molecular flexibility index (Phi) is 17.3. The van der Waals surface area contributed by atoms with Gasteiger partial charge in [0.15, 0.2) is 0 Å². The highest BCUT2D eigenvalue weighted by Gasteiger charge is 2.26. The third-order valence-corrected chi connectivity index (χ3v) is 7.29. The van der Waals surface area contributed by atoms with Crippen LogP contribution in [-0.4, -0.2) is 48.5 Å². The van der Waals surface area contributed by atoms with Crippen molar-refractivity contribution in [1.29, 1.82) is 0 Å². The molecule has 0 radical (unpaired) electrons. The van der Waals surface area contributed by atoms with E-state index in [1.165, 1.54) is 9.13 Å². The van der Waals surface area contributed by atoms with Crippen LogP contribution >= 0.6 is 22.6 Å². The van der Waals surface area contributed by atoms with E-state index in [2.05, 4.69) is 78.3 Å². The van der Waals surface area contributed by atoms with Crippen LogP contribution in [0.1, 0.15) is 112 Å². The number of hydrogen-bond acceptors (Lipinski definition) is 6. The second-order valence-corrected chi connectivity index (χ2v) is 14.5. The molecule has 238 valence electrons. The molecular weight excluding hydrogens is 647 g/mol. The van der Waals surface area contributed by atoms with Gasteiger partial charge in [0.1, 0.15) is 5.60 Å². The van der Waals surface area contributed by atoms with Crippen molar-refractivity contribution in [3.63, 3.8) is 0 Å². The molecule has 1 aromatic carbocycles. The highest BCUT2D eigenvalue weighted by molar-refractivity contribution is 14.1. The van der Waals surface area contributed by atoms with Crippen molar-refractivity contribution in [2.24, 2.45) is 11.3 Å². The highest BCUT2D eigenvalue weighted by atomic mass is 127. The summed E-state index contributed by atoms with van der Waals surface area (Å²) in [5.74, 6) is -1.72. The Labute approximate surface area is 267 Å². The van der Waals surface area contributed by atoms with Gasteiger partial charge in [-0.2, -0.15) is 0 Å². The maximum Gasteiger partial charge on any atom is 0.306 e. The zero-order chi connectivity index (χ0) is 31.8. The molecule has 0 aromatic heterocycles. The van der Waals surface area contributed by atoms with Gasteiger partial charge in [-0.1, -0.05) is 32.9 Å². The van der Waals surface area contributed by atoms with E-state index >= 15 is 0 Å². The number of amides is 2. The predicted molar refractivity (Wildman–Crippen MR) is 175 cm³/mol. The van der Waals surface area contributed by atoms with Gasteiger partial charge in [0.2, 0.25) is 11.8 Å². The van der Waals surface area contributed by atoms with E-state index in [1.807, 2.05) is 6.92 Å². The van der Waals surface area contributed by atoms with Gasteiger partial charge in [-0.15, -0.1) is 0 Å². The Morgan fingerprint density at radius 3 is 2.17 bits per heavy atom. The summed E-state index contributed by atoms with van der Waals surface area (Å²) >= 11 is 2.28. The van der Waals surface area contributed by atoms with Gasteiger partial charge in [-0.05, 0) is 118 Å². The molecule has 1 rings (SSSR count). The van der Waals surface area contributed by atoms with Gasteiger partial charge in [-0.25, -0.2) is 0 Å². The lowest BCUT2D eigenvalue weighted by Gasteiger charge is -2.22. The number of aryl methyl sites for hydroxylation is 1. The number of benzene rings is 1. The van der Waals surface area contributed by atoms with E-state index in [0.717, 1.165) is 38.5 Å². The minimum Gasteiger partial charge on any atom is -0.466 e. The first-order valence-electron chi connectivity index (χ1n) is 15.2. The van der Waals surface area contributed by atoms with Crippen LogP contribution < -0.4 is 10.6 Å². The fraction of sp³-hybridized carbons (Fsp3) is 0.697. The third-order valence-electron chi connectivity index (χ3n) is 6.57. The number of ether oxygens (including phenoxy) is 2. The lowest BCUT2D eigenvalue weighted by molar-refractivity contribution is -0.156. The zero-order valence-electron chi connectivity index (χ0n) is 26.8. The predicted octanol–water partition coefficient (Wildman–Crippen LogP) is 6.51. The van der Waals surface area contributed by atoms with Crippen molar-refractivity contribution in [2.75, 3.05) is 13.2 Å². The van der Waals surface area contributed by atoms with Gasteiger partial charge in [0, 0.05) is 34.9 Å². The minimum atomic E-state index is -0.680.